The molecule has 0 aromatic heterocycles. The average molecular weight is 330 g/mol. The van der Waals surface area contributed by atoms with E-state index in [1.54, 1.807) is 12.1 Å². The van der Waals surface area contributed by atoms with E-state index >= 15 is 0 Å². The molecule has 2 atom stereocenters. The van der Waals surface area contributed by atoms with E-state index in [1.165, 1.54) is 18.6 Å². The maximum atomic E-state index is 13.1. The van der Waals surface area contributed by atoms with E-state index < -0.39 is 0 Å². The van der Waals surface area contributed by atoms with Gasteiger partial charge in [0, 0.05) is 30.7 Å². The molecule has 1 heterocycles. The van der Waals surface area contributed by atoms with E-state index in [4.69, 9.17) is 5.73 Å². The number of nitrogens with one attached hydrogen (secondary N) is 1. The molecule has 1 aromatic rings. The summed E-state index contributed by atoms with van der Waals surface area (Å²) >= 11 is 0. The van der Waals surface area contributed by atoms with Gasteiger partial charge in [-0.15, -0.1) is 12.4 Å². The maximum Gasteiger partial charge on any atom is 0.225 e. The third-order valence-electron chi connectivity index (χ3n) is 4.01. The molecule has 1 saturated heterocycles. The van der Waals surface area contributed by atoms with Gasteiger partial charge in [-0.2, -0.15) is 0 Å². The number of rotatable bonds is 5. The molecular formula is C16H25ClFN3O. The molecule has 1 aliphatic rings. The van der Waals surface area contributed by atoms with Crippen molar-refractivity contribution in [2.75, 3.05) is 18.4 Å². The Balaban J connectivity index is 0.00000242. The molecule has 2 rings (SSSR count). The lowest BCUT2D eigenvalue weighted by Crippen LogP contribution is -2.49. The summed E-state index contributed by atoms with van der Waals surface area (Å²) in [6.45, 7) is 3.72. The zero-order chi connectivity index (χ0) is 15.2. The number of nitrogens with zero attached hydrogens (tertiary/aromatic N) is 1. The van der Waals surface area contributed by atoms with Crippen LogP contribution in [0.1, 0.15) is 32.6 Å². The fourth-order valence-electron chi connectivity index (χ4n) is 2.92. The lowest BCUT2D eigenvalue weighted by Gasteiger charge is -2.37. The normalized spacial score (nSPS) is 20.0. The van der Waals surface area contributed by atoms with Gasteiger partial charge in [-0.3, -0.25) is 9.69 Å². The van der Waals surface area contributed by atoms with Gasteiger partial charge >= 0.3 is 0 Å². The van der Waals surface area contributed by atoms with Crippen LogP contribution in [-0.4, -0.2) is 36.0 Å². The summed E-state index contributed by atoms with van der Waals surface area (Å²) in [4.78, 5) is 14.3. The largest absolute Gasteiger partial charge is 0.327 e. The fourth-order valence-corrected chi connectivity index (χ4v) is 2.92. The number of halogens is 2. The van der Waals surface area contributed by atoms with E-state index in [9.17, 15) is 9.18 Å². The maximum absolute atomic E-state index is 13.1. The van der Waals surface area contributed by atoms with Crippen LogP contribution in [0.5, 0.6) is 0 Å². The molecule has 124 valence electrons. The number of hydrogen-bond acceptors (Lipinski definition) is 3. The SMILES string of the molecule is CC(N)C1CCCCN1CCC(=O)Nc1cccc(F)c1.Cl. The first kappa shape index (κ1) is 18.9. The summed E-state index contributed by atoms with van der Waals surface area (Å²) in [7, 11) is 0. The van der Waals surface area contributed by atoms with E-state index in [0.717, 1.165) is 19.4 Å². The predicted octanol–water partition coefficient (Wildman–Crippen LogP) is 2.78. The Bertz CT molecular complexity index is 484. The van der Waals surface area contributed by atoms with Crippen LogP contribution in [0.25, 0.3) is 0 Å². The number of nitrogens with two attached hydrogens (primary N) is 1. The molecule has 2 unspecified atom stereocenters. The highest BCUT2D eigenvalue weighted by molar-refractivity contribution is 5.90. The van der Waals surface area contributed by atoms with Gasteiger partial charge in [-0.25, -0.2) is 4.39 Å². The van der Waals surface area contributed by atoms with Gasteiger partial charge < -0.3 is 11.1 Å². The van der Waals surface area contributed by atoms with E-state index in [-0.39, 0.29) is 30.2 Å². The Morgan fingerprint density at radius 3 is 2.95 bits per heavy atom. The summed E-state index contributed by atoms with van der Waals surface area (Å²) < 4.78 is 13.1. The van der Waals surface area contributed by atoms with Crippen molar-refractivity contribution in [2.45, 2.75) is 44.7 Å². The first-order valence-electron chi connectivity index (χ1n) is 7.61. The molecule has 6 heteroatoms. The molecule has 1 amide bonds. The Morgan fingerprint density at radius 1 is 1.50 bits per heavy atom. The van der Waals surface area contributed by atoms with Gasteiger partial charge in [0.15, 0.2) is 0 Å². The van der Waals surface area contributed by atoms with E-state index in [1.807, 2.05) is 6.92 Å². The van der Waals surface area contributed by atoms with E-state index in [2.05, 4.69) is 10.2 Å². The summed E-state index contributed by atoms with van der Waals surface area (Å²) in [5.41, 5.74) is 6.52. The number of likely N-dealkylation sites (tertiary alicyclic amines) is 1. The molecule has 1 aliphatic heterocycles. The van der Waals surface area contributed by atoms with Crippen LogP contribution in [0.2, 0.25) is 0 Å². The molecule has 0 spiro atoms. The zero-order valence-corrected chi connectivity index (χ0v) is 13.7. The molecule has 3 N–H and O–H groups in total. The third-order valence-corrected chi connectivity index (χ3v) is 4.01. The predicted molar refractivity (Wildman–Crippen MR) is 89.8 cm³/mol. The Kier molecular flexibility index (Phi) is 7.79. The monoisotopic (exact) mass is 329 g/mol. The summed E-state index contributed by atoms with van der Waals surface area (Å²) in [5, 5.41) is 2.73. The van der Waals surface area contributed by atoms with Crippen LogP contribution in [0.3, 0.4) is 0 Å². The second-order valence-corrected chi connectivity index (χ2v) is 5.77. The van der Waals surface area contributed by atoms with Gasteiger partial charge in [0.2, 0.25) is 5.91 Å². The quantitative estimate of drug-likeness (QED) is 0.873. The van der Waals surface area contributed by atoms with Crippen LogP contribution in [-0.2, 0) is 4.79 Å². The molecule has 0 saturated carbocycles. The van der Waals surface area contributed by atoms with Crippen molar-refractivity contribution in [3.05, 3.63) is 30.1 Å². The Labute approximate surface area is 137 Å². The molecule has 1 aromatic carbocycles. The molecule has 4 nitrogen and oxygen atoms in total. The minimum Gasteiger partial charge on any atom is -0.327 e. The van der Waals surface area contributed by atoms with Crippen LogP contribution in [0, 0.1) is 5.82 Å². The molecular weight excluding hydrogens is 305 g/mol. The molecule has 0 bridgehead atoms. The summed E-state index contributed by atoms with van der Waals surface area (Å²) in [6, 6.07) is 6.44. The number of hydrogen-bond donors (Lipinski definition) is 2. The molecule has 0 radical (unpaired) electrons. The van der Waals surface area contributed by atoms with Crippen molar-refractivity contribution in [1.82, 2.24) is 4.90 Å². The summed E-state index contributed by atoms with van der Waals surface area (Å²) in [5.74, 6) is -0.435. The lowest BCUT2D eigenvalue weighted by molar-refractivity contribution is -0.116. The number of carbonyl (C=O) groups excluding carboxylic acids is 1. The van der Waals surface area contributed by atoms with Crippen LogP contribution < -0.4 is 11.1 Å². The smallest absolute Gasteiger partial charge is 0.225 e. The third kappa shape index (κ3) is 5.55. The number of benzene rings is 1. The highest BCUT2D eigenvalue weighted by Gasteiger charge is 2.25. The standard InChI is InChI=1S/C16H24FN3O.ClH/c1-12(18)15-7-2-3-9-20(15)10-8-16(21)19-14-6-4-5-13(17)11-14;/h4-6,11-12,15H,2-3,7-10,18H2,1H3,(H,19,21);1H. The van der Waals surface area contributed by atoms with Crippen molar-refractivity contribution in [2.24, 2.45) is 5.73 Å². The number of piperidine rings is 1. The van der Waals surface area contributed by atoms with Crippen molar-refractivity contribution < 1.29 is 9.18 Å². The molecule has 22 heavy (non-hydrogen) atoms. The van der Waals surface area contributed by atoms with Crippen molar-refractivity contribution in [3.63, 3.8) is 0 Å². The second-order valence-electron chi connectivity index (χ2n) is 5.77. The first-order valence-corrected chi connectivity index (χ1v) is 7.61. The minimum absolute atomic E-state index is 0. The van der Waals surface area contributed by atoms with Crippen LogP contribution in [0.4, 0.5) is 10.1 Å². The Morgan fingerprint density at radius 2 is 2.27 bits per heavy atom. The summed E-state index contributed by atoms with van der Waals surface area (Å²) in [6.07, 6.45) is 3.87. The van der Waals surface area contributed by atoms with Crippen molar-refractivity contribution in [3.8, 4) is 0 Å². The topological polar surface area (TPSA) is 58.4 Å². The average Bonchev–Trinajstić information content (AvgIpc) is 2.45. The van der Waals surface area contributed by atoms with Crippen molar-refractivity contribution >= 4 is 24.0 Å². The zero-order valence-electron chi connectivity index (χ0n) is 12.9. The second kappa shape index (κ2) is 9.08. The van der Waals surface area contributed by atoms with Gasteiger partial charge in [0.05, 0.1) is 0 Å². The molecule has 0 aliphatic carbocycles. The number of amides is 1. The van der Waals surface area contributed by atoms with Gasteiger partial charge in [0.25, 0.3) is 0 Å². The van der Waals surface area contributed by atoms with Crippen molar-refractivity contribution in [1.29, 1.82) is 0 Å². The fraction of sp³-hybridized carbons (Fsp3) is 0.562. The highest BCUT2D eigenvalue weighted by Crippen LogP contribution is 2.19. The number of carbonyl (C=O) groups is 1. The van der Waals surface area contributed by atoms with E-state index in [0.29, 0.717) is 24.7 Å². The van der Waals surface area contributed by atoms with Gasteiger partial charge in [0.1, 0.15) is 5.82 Å². The Hall–Kier alpha value is -1.17. The molecule has 1 fully saturated rings. The minimum atomic E-state index is -0.346. The van der Waals surface area contributed by atoms with Crippen LogP contribution in [0.15, 0.2) is 24.3 Å². The van der Waals surface area contributed by atoms with Gasteiger partial charge in [-0.05, 0) is 44.5 Å². The first-order chi connectivity index (χ1) is 10.1. The highest BCUT2D eigenvalue weighted by atomic mass is 35.5. The van der Waals surface area contributed by atoms with Gasteiger partial charge in [-0.1, -0.05) is 12.5 Å². The van der Waals surface area contributed by atoms with Crippen LogP contribution >= 0.6 is 12.4 Å². The lowest BCUT2D eigenvalue weighted by atomic mass is 9.97. The number of anilines is 1.